The van der Waals surface area contributed by atoms with Crippen LogP contribution in [0.4, 0.5) is 0 Å². The summed E-state index contributed by atoms with van der Waals surface area (Å²) in [6, 6.07) is 0.692. The molecule has 0 aliphatic carbocycles. The quantitative estimate of drug-likeness (QED) is 0.172. The van der Waals surface area contributed by atoms with Crippen LogP contribution in [0, 0.1) is 0 Å². The molecule has 190 valence electrons. The summed E-state index contributed by atoms with van der Waals surface area (Å²) in [5.41, 5.74) is 0. The highest BCUT2D eigenvalue weighted by Gasteiger charge is 2.23. The van der Waals surface area contributed by atoms with Crippen LogP contribution in [-0.4, -0.2) is 59.3 Å². The predicted molar refractivity (Wildman–Crippen MR) is 144 cm³/mol. The van der Waals surface area contributed by atoms with Crippen molar-refractivity contribution in [2.75, 3.05) is 26.2 Å². The van der Waals surface area contributed by atoms with Crippen molar-refractivity contribution < 1.29 is 5.11 Å². The number of rotatable bonds is 22. The average Bonchev–Trinajstić information content (AvgIpc) is 2.80. The van der Waals surface area contributed by atoms with Crippen molar-refractivity contribution in [3.8, 4) is 0 Å². The Bertz CT molecular complexity index is 392. The van der Waals surface area contributed by atoms with Gasteiger partial charge in [-0.1, -0.05) is 91.5 Å². The minimum Gasteiger partial charge on any atom is -0.393 e. The molecule has 2 atom stereocenters. The second-order valence-corrected chi connectivity index (χ2v) is 9.42. The Hall–Kier alpha value is -0.640. The summed E-state index contributed by atoms with van der Waals surface area (Å²) in [7, 11) is 0. The first-order valence-corrected chi connectivity index (χ1v) is 14.1. The summed E-state index contributed by atoms with van der Waals surface area (Å²) in [6.45, 7) is 18.1. The fourth-order valence-corrected chi connectivity index (χ4v) is 4.27. The molecule has 0 radical (unpaired) electrons. The van der Waals surface area contributed by atoms with Crippen molar-refractivity contribution in [2.24, 2.45) is 0 Å². The van der Waals surface area contributed by atoms with E-state index in [0.29, 0.717) is 12.1 Å². The predicted octanol–water partition coefficient (Wildman–Crippen LogP) is 7.60. The number of hydrogen-bond acceptors (Lipinski definition) is 3. The van der Waals surface area contributed by atoms with Crippen LogP contribution in [0.5, 0.6) is 0 Å². The van der Waals surface area contributed by atoms with E-state index in [9.17, 15) is 5.11 Å². The molecule has 0 aromatic rings. The van der Waals surface area contributed by atoms with E-state index in [4.69, 9.17) is 0 Å². The van der Waals surface area contributed by atoms with Crippen molar-refractivity contribution in [3.63, 3.8) is 0 Å². The zero-order valence-corrected chi connectivity index (χ0v) is 22.7. The fraction of sp³-hybridized carbons (Fsp3) is 0.862. The molecule has 0 amide bonds. The van der Waals surface area contributed by atoms with Gasteiger partial charge in [-0.3, -0.25) is 9.80 Å². The van der Waals surface area contributed by atoms with E-state index < -0.39 is 0 Å². The standard InChI is InChI=1S/C29H58N2O/c1-7-13-19-27(30(21-15-9-3)22-16-10-4)25-29(32)26-28(20-14-8-2)31(23-17-11-5)24-18-12-6/h13-14,19-20,27-29,32H,7-12,15-18,21-26H2,1-6H3. The molecule has 2 unspecified atom stereocenters. The molecule has 0 heterocycles. The summed E-state index contributed by atoms with van der Waals surface area (Å²) in [4.78, 5) is 5.26. The monoisotopic (exact) mass is 450 g/mol. The van der Waals surface area contributed by atoms with Gasteiger partial charge in [-0.2, -0.15) is 0 Å². The molecule has 0 aliphatic heterocycles. The van der Waals surface area contributed by atoms with Gasteiger partial charge in [0.05, 0.1) is 6.10 Å². The van der Waals surface area contributed by atoms with Gasteiger partial charge in [0, 0.05) is 12.1 Å². The average molecular weight is 451 g/mol. The van der Waals surface area contributed by atoms with Gasteiger partial charge in [0.25, 0.3) is 0 Å². The first-order chi connectivity index (χ1) is 15.6. The number of hydrogen-bond donors (Lipinski definition) is 1. The van der Waals surface area contributed by atoms with Gasteiger partial charge >= 0.3 is 0 Å². The highest BCUT2D eigenvalue weighted by Crippen LogP contribution is 2.19. The summed E-state index contributed by atoms with van der Waals surface area (Å²) in [5.74, 6) is 0. The minimum atomic E-state index is -0.274. The molecule has 0 saturated heterocycles. The second kappa shape index (κ2) is 22.2. The van der Waals surface area contributed by atoms with Crippen molar-refractivity contribution in [1.29, 1.82) is 0 Å². The Kier molecular flexibility index (Phi) is 21.7. The molecular formula is C29H58N2O. The van der Waals surface area contributed by atoms with Crippen LogP contribution in [0.3, 0.4) is 0 Å². The van der Waals surface area contributed by atoms with E-state index in [1.807, 2.05) is 0 Å². The Morgan fingerprint density at radius 2 is 0.875 bits per heavy atom. The molecule has 0 aromatic heterocycles. The lowest BCUT2D eigenvalue weighted by molar-refractivity contribution is 0.0834. The number of nitrogens with zero attached hydrogens (tertiary/aromatic N) is 2. The Morgan fingerprint density at radius 1 is 0.562 bits per heavy atom. The second-order valence-electron chi connectivity index (χ2n) is 9.42. The van der Waals surface area contributed by atoms with Crippen LogP contribution in [0.1, 0.15) is 119 Å². The van der Waals surface area contributed by atoms with Crippen molar-refractivity contribution in [2.45, 2.75) is 137 Å². The zero-order valence-electron chi connectivity index (χ0n) is 22.7. The van der Waals surface area contributed by atoms with Gasteiger partial charge < -0.3 is 5.11 Å². The maximum absolute atomic E-state index is 11.3. The molecule has 3 nitrogen and oxygen atoms in total. The normalized spacial score (nSPS) is 15.4. The topological polar surface area (TPSA) is 26.7 Å². The molecule has 0 saturated carbocycles. The summed E-state index contributed by atoms with van der Waals surface area (Å²) in [5, 5.41) is 11.3. The highest BCUT2D eigenvalue weighted by atomic mass is 16.3. The molecule has 0 rings (SSSR count). The lowest BCUT2D eigenvalue weighted by atomic mass is 9.98. The van der Waals surface area contributed by atoms with Gasteiger partial charge in [-0.25, -0.2) is 0 Å². The number of aliphatic hydroxyl groups excluding tert-OH is 1. The van der Waals surface area contributed by atoms with E-state index in [1.54, 1.807) is 0 Å². The number of allylic oxidation sites excluding steroid dienone is 2. The molecule has 0 bridgehead atoms. The van der Waals surface area contributed by atoms with E-state index in [-0.39, 0.29) is 6.10 Å². The molecule has 32 heavy (non-hydrogen) atoms. The summed E-state index contributed by atoms with van der Waals surface area (Å²) in [6.07, 6.45) is 22.7. The summed E-state index contributed by atoms with van der Waals surface area (Å²) >= 11 is 0. The first-order valence-electron chi connectivity index (χ1n) is 14.1. The maximum atomic E-state index is 11.3. The lowest BCUT2D eigenvalue weighted by Gasteiger charge is -2.34. The largest absolute Gasteiger partial charge is 0.393 e. The van der Waals surface area contributed by atoms with E-state index in [1.165, 1.54) is 51.4 Å². The lowest BCUT2D eigenvalue weighted by Crippen LogP contribution is -2.41. The molecule has 3 heteroatoms. The van der Waals surface area contributed by atoms with Gasteiger partial charge in [-0.05, 0) is 77.5 Å². The van der Waals surface area contributed by atoms with E-state index in [0.717, 1.165) is 51.9 Å². The maximum Gasteiger partial charge on any atom is 0.0576 e. The SMILES string of the molecule is CCC=CC(CC(O)CC(C=CCC)N(CCCC)CCCC)N(CCCC)CCCC. The van der Waals surface area contributed by atoms with Crippen LogP contribution in [0.2, 0.25) is 0 Å². The van der Waals surface area contributed by atoms with Crippen molar-refractivity contribution in [1.82, 2.24) is 9.80 Å². The smallest absolute Gasteiger partial charge is 0.0576 e. The third kappa shape index (κ3) is 15.2. The number of aliphatic hydroxyl groups is 1. The van der Waals surface area contributed by atoms with Crippen LogP contribution < -0.4 is 0 Å². The van der Waals surface area contributed by atoms with Crippen molar-refractivity contribution >= 4 is 0 Å². The number of unbranched alkanes of at least 4 members (excludes halogenated alkanes) is 4. The third-order valence-corrected chi connectivity index (χ3v) is 6.35. The summed E-state index contributed by atoms with van der Waals surface area (Å²) < 4.78 is 0. The van der Waals surface area contributed by atoms with Gasteiger partial charge in [0.1, 0.15) is 0 Å². The van der Waals surface area contributed by atoms with E-state index in [2.05, 4.69) is 75.6 Å². The zero-order chi connectivity index (χ0) is 24.0. The Labute approximate surface area is 202 Å². The third-order valence-electron chi connectivity index (χ3n) is 6.35. The molecule has 0 aliphatic rings. The van der Waals surface area contributed by atoms with Crippen LogP contribution in [0.25, 0.3) is 0 Å². The molecule has 0 fully saturated rings. The van der Waals surface area contributed by atoms with Gasteiger partial charge in [0.2, 0.25) is 0 Å². The van der Waals surface area contributed by atoms with Crippen LogP contribution in [-0.2, 0) is 0 Å². The highest BCUT2D eigenvalue weighted by molar-refractivity contribution is 4.99. The van der Waals surface area contributed by atoms with Gasteiger partial charge in [-0.15, -0.1) is 0 Å². The Balaban J connectivity index is 5.39. The molecule has 1 N–H and O–H groups in total. The molecule has 0 aromatic carbocycles. The van der Waals surface area contributed by atoms with E-state index >= 15 is 0 Å². The first kappa shape index (κ1) is 31.4. The van der Waals surface area contributed by atoms with Gasteiger partial charge in [0.15, 0.2) is 0 Å². The Morgan fingerprint density at radius 3 is 1.12 bits per heavy atom. The van der Waals surface area contributed by atoms with Crippen molar-refractivity contribution in [3.05, 3.63) is 24.3 Å². The van der Waals surface area contributed by atoms with Crippen LogP contribution >= 0.6 is 0 Å². The molecule has 0 spiro atoms. The minimum absolute atomic E-state index is 0.274. The molecular weight excluding hydrogens is 392 g/mol. The van der Waals surface area contributed by atoms with Crippen LogP contribution in [0.15, 0.2) is 24.3 Å². The fourth-order valence-electron chi connectivity index (χ4n) is 4.27.